The number of carbonyl (C=O) groups excluding carboxylic acids is 1. The number of amides is 1. The molecule has 5 heteroatoms. The zero-order valence-corrected chi connectivity index (χ0v) is 10.4. The van der Waals surface area contributed by atoms with Gasteiger partial charge in [-0.2, -0.15) is 0 Å². The predicted octanol–water partition coefficient (Wildman–Crippen LogP) is 3.02. The fraction of sp³-hybridized carbons (Fsp3) is 0. The number of nitrogens with zero attached hydrogens (tertiary/aromatic N) is 2. The first-order valence-corrected chi connectivity index (χ1v) is 6.01. The van der Waals surface area contributed by atoms with Crippen molar-refractivity contribution in [3.05, 3.63) is 66.2 Å². The van der Waals surface area contributed by atoms with Crippen LogP contribution >= 0.6 is 0 Å². The zero-order chi connectivity index (χ0) is 13.9. The lowest BCUT2D eigenvalue weighted by Gasteiger charge is -2.07. The Labute approximate surface area is 114 Å². The van der Waals surface area contributed by atoms with E-state index in [1.165, 1.54) is 30.5 Å². The van der Waals surface area contributed by atoms with Gasteiger partial charge in [0.2, 0.25) is 0 Å². The van der Waals surface area contributed by atoms with E-state index in [1.807, 2.05) is 0 Å². The van der Waals surface area contributed by atoms with Crippen molar-refractivity contribution < 1.29 is 9.18 Å². The summed E-state index contributed by atoms with van der Waals surface area (Å²) >= 11 is 0. The van der Waals surface area contributed by atoms with Crippen LogP contribution in [-0.4, -0.2) is 15.9 Å². The molecule has 0 bridgehead atoms. The number of hydrogen-bond donors (Lipinski definition) is 1. The van der Waals surface area contributed by atoms with Crippen molar-refractivity contribution in [3.63, 3.8) is 0 Å². The van der Waals surface area contributed by atoms with Crippen molar-refractivity contribution in [2.24, 2.45) is 0 Å². The lowest BCUT2D eigenvalue weighted by Crippen LogP contribution is -2.12. The standard InChI is InChI=1S/C15H10FN3O/c16-10-4-6-11(7-5-10)19-15(20)12-2-1-3-13-14(12)18-9-8-17-13/h1-9H,(H,19,20). The van der Waals surface area contributed by atoms with Gasteiger partial charge >= 0.3 is 0 Å². The smallest absolute Gasteiger partial charge is 0.257 e. The largest absolute Gasteiger partial charge is 0.322 e. The first-order valence-electron chi connectivity index (χ1n) is 6.01. The number of benzene rings is 2. The van der Waals surface area contributed by atoms with Crippen LogP contribution in [0.4, 0.5) is 10.1 Å². The summed E-state index contributed by atoms with van der Waals surface area (Å²) in [4.78, 5) is 20.6. The first kappa shape index (κ1) is 12.2. The molecule has 20 heavy (non-hydrogen) atoms. The molecule has 0 aliphatic heterocycles. The van der Waals surface area contributed by atoms with Crippen molar-refractivity contribution in [2.75, 3.05) is 5.32 Å². The van der Waals surface area contributed by atoms with Crippen molar-refractivity contribution in [1.29, 1.82) is 0 Å². The fourth-order valence-corrected chi connectivity index (χ4v) is 1.91. The summed E-state index contributed by atoms with van der Waals surface area (Å²) in [7, 11) is 0. The number of hydrogen-bond acceptors (Lipinski definition) is 3. The summed E-state index contributed by atoms with van der Waals surface area (Å²) in [6.45, 7) is 0. The minimum Gasteiger partial charge on any atom is -0.322 e. The molecule has 0 fully saturated rings. The maximum absolute atomic E-state index is 12.8. The van der Waals surface area contributed by atoms with Crippen LogP contribution in [0.15, 0.2) is 54.9 Å². The van der Waals surface area contributed by atoms with Crippen LogP contribution in [0.2, 0.25) is 0 Å². The topological polar surface area (TPSA) is 54.9 Å². The van der Waals surface area contributed by atoms with Crippen LogP contribution in [-0.2, 0) is 0 Å². The quantitative estimate of drug-likeness (QED) is 0.776. The van der Waals surface area contributed by atoms with Gasteiger partial charge in [-0.3, -0.25) is 14.8 Å². The van der Waals surface area contributed by atoms with Crippen LogP contribution in [0, 0.1) is 5.82 Å². The molecule has 0 radical (unpaired) electrons. The van der Waals surface area contributed by atoms with Crippen LogP contribution in [0.3, 0.4) is 0 Å². The molecule has 98 valence electrons. The summed E-state index contributed by atoms with van der Waals surface area (Å²) in [5.74, 6) is -0.651. The molecule has 0 atom stereocenters. The lowest BCUT2D eigenvalue weighted by atomic mass is 10.1. The van der Waals surface area contributed by atoms with E-state index in [9.17, 15) is 9.18 Å². The Balaban J connectivity index is 1.94. The SMILES string of the molecule is O=C(Nc1ccc(F)cc1)c1cccc2nccnc12. The fourth-order valence-electron chi connectivity index (χ4n) is 1.91. The maximum Gasteiger partial charge on any atom is 0.257 e. The Morgan fingerprint density at radius 1 is 1.00 bits per heavy atom. The third-order valence-electron chi connectivity index (χ3n) is 2.85. The average Bonchev–Trinajstić information content (AvgIpc) is 2.49. The van der Waals surface area contributed by atoms with E-state index in [0.29, 0.717) is 22.3 Å². The molecule has 2 aromatic carbocycles. The van der Waals surface area contributed by atoms with E-state index >= 15 is 0 Å². The van der Waals surface area contributed by atoms with Crippen molar-refractivity contribution in [2.45, 2.75) is 0 Å². The Hall–Kier alpha value is -2.82. The highest BCUT2D eigenvalue weighted by atomic mass is 19.1. The molecule has 1 amide bonds. The van der Waals surface area contributed by atoms with Gasteiger partial charge in [0.25, 0.3) is 5.91 Å². The van der Waals surface area contributed by atoms with Gasteiger partial charge in [-0.15, -0.1) is 0 Å². The molecular weight excluding hydrogens is 257 g/mol. The summed E-state index contributed by atoms with van der Waals surface area (Å²) in [6.07, 6.45) is 3.11. The van der Waals surface area contributed by atoms with Gasteiger partial charge in [-0.1, -0.05) is 6.07 Å². The molecule has 4 nitrogen and oxygen atoms in total. The second-order valence-corrected chi connectivity index (χ2v) is 4.19. The summed E-state index contributed by atoms with van der Waals surface area (Å²) in [5, 5.41) is 2.70. The molecule has 1 heterocycles. The van der Waals surface area contributed by atoms with E-state index in [1.54, 1.807) is 24.4 Å². The van der Waals surface area contributed by atoms with Gasteiger partial charge in [-0.25, -0.2) is 4.39 Å². The molecular formula is C15H10FN3O. The molecule has 3 rings (SSSR count). The van der Waals surface area contributed by atoms with Crippen LogP contribution < -0.4 is 5.32 Å². The minimum absolute atomic E-state index is 0.303. The monoisotopic (exact) mass is 267 g/mol. The van der Waals surface area contributed by atoms with Crippen molar-refractivity contribution >= 4 is 22.6 Å². The lowest BCUT2D eigenvalue weighted by molar-refractivity contribution is 0.102. The number of halogens is 1. The van der Waals surface area contributed by atoms with Crippen LogP contribution in [0.1, 0.15) is 10.4 Å². The van der Waals surface area contributed by atoms with Crippen molar-refractivity contribution in [3.8, 4) is 0 Å². The highest BCUT2D eigenvalue weighted by Gasteiger charge is 2.11. The number of anilines is 1. The second kappa shape index (κ2) is 5.05. The second-order valence-electron chi connectivity index (χ2n) is 4.19. The molecule has 1 aromatic heterocycles. The molecule has 0 spiro atoms. The van der Waals surface area contributed by atoms with Crippen molar-refractivity contribution in [1.82, 2.24) is 9.97 Å². The highest BCUT2D eigenvalue weighted by molar-refractivity contribution is 6.11. The number of aromatic nitrogens is 2. The van der Waals surface area contributed by atoms with E-state index in [4.69, 9.17) is 0 Å². The summed E-state index contributed by atoms with van der Waals surface area (Å²) in [6, 6.07) is 10.8. The molecule has 0 saturated heterocycles. The van der Waals surface area contributed by atoms with Gasteiger partial charge in [0.05, 0.1) is 11.1 Å². The van der Waals surface area contributed by atoms with E-state index < -0.39 is 0 Å². The van der Waals surface area contributed by atoms with E-state index in [2.05, 4.69) is 15.3 Å². The third-order valence-corrected chi connectivity index (χ3v) is 2.85. The Morgan fingerprint density at radius 2 is 1.75 bits per heavy atom. The first-order chi connectivity index (χ1) is 9.74. The van der Waals surface area contributed by atoms with E-state index in [-0.39, 0.29) is 11.7 Å². The van der Waals surface area contributed by atoms with Crippen LogP contribution in [0.5, 0.6) is 0 Å². The predicted molar refractivity (Wildman–Crippen MR) is 73.9 cm³/mol. The van der Waals surface area contributed by atoms with E-state index in [0.717, 1.165) is 0 Å². The third kappa shape index (κ3) is 2.33. The molecule has 0 aliphatic carbocycles. The number of nitrogens with one attached hydrogen (secondary N) is 1. The number of rotatable bonds is 2. The van der Waals surface area contributed by atoms with Crippen LogP contribution in [0.25, 0.3) is 11.0 Å². The molecule has 0 unspecified atom stereocenters. The Morgan fingerprint density at radius 3 is 2.55 bits per heavy atom. The Kier molecular flexibility index (Phi) is 3.09. The molecule has 3 aromatic rings. The summed E-state index contributed by atoms with van der Waals surface area (Å²) in [5.41, 5.74) is 2.14. The number of fused-ring (bicyclic) bond motifs is 1. The van der Waals surface area contributed by atoms with Gasteiger partial charge in [0, 0.05) is 18.1 Å². The van der Waals surface area contributed by atoms with Gasteiger partial charge in [-0.05, 0) is 36.4 Å². The van der Waals surface area contributed by atoms with Gasteiger partial charge in [0.15, 0.2) is 0 Å². The van der Waals surface area contributed by atoms with Gasteiger partial charge < -0.3 is 5.32 Å². The molecule has 0 saturated carbocycles. The minimum atomic E-state index is -0.348. The number of para-hydroxylation sites is 1. The number of carbonyl (C=O) groups is 1. The maximum atomic E-state index is 12.8. The average molecular weight is 267 g/mol. The zero-order valence-electron chi connectivity index (χ0n) is 10.4. The van der Waals surface area contributed by atoms with Gasteiger partial charge in [0.1, 0.15) is 11.3 Å². The normalized spacial score (nSPS) is 10.4. The summed E-state index contributed by atoms with van der Waals surface area (Å²) < 4.78 is 12.8. The highest BCUT2D eigenvalue weighted by Crippen LogP contribution is 2.16. The molecule has 0 aliphatic rings. The molecule has 1 N–H and O–H groups in total. The Bertz CT molecular complexity index is 766.